The Morgan fingerprint density at radius 2 is 2.00 bits per heavy atom. The molecular weight excluding hydrogens is 224 g/mol. The van der Waals surface area contributed by atoms with Gasteiger partial charge in [0, 0.05) is 19.1 Å². The van der Waals surface area contributed by atoms with Gasteiger partial charge in [-0.15, -0.1) is 0 Å². The molecule has 0 bridgehead atoms. The molecule has 0 amide bonds. The third kappa shape index (κ3) is 3.71. The van der Waals surface area contributed by atoms with Crippen LogP contribution in [-0.2, 0) is 10.0 Å². The van der Waals surface area contributed by atoms with E-state index in [0.29, 0.717) is 24.9 Å². The van der Waals surface area contributed by atoms with E-state index in [-0.39, 0.29) is 11.8 Å². The minimum atomic E-state index is -3.04. The highest BCUT2D eigenvalue weighted by molar-refractivity contribution is 7.89. The quantitative estimate of drug-likeness (QED) is 0.790. The summed E-state index contributed by atoms with van der Waals surface area (Å²) in [6, 6.07) is 0.0882. The molecule has 2 atom stereocenters. The van der Waals surface area contributed by atoms with Gasteiger partial charge in [0.1, 0.15) is 0 Å². The van der Waals surface area contributed by atoms with Crippen LogP contribution in [0.4, 0.5) is 0 Å². The zero-order chi connectivity index (χ0) is 12.3. The van der Waals surface area contributed by atoms with E-state index in [2.05, 4.69) is 0 Å². The molecule has 0 aromatic rings. The van der Waals surface area contributed by atoms with E-state index in [1.54, 1.807) is 4.31 Å². The Hall–Kier alpha value is -0.130. The maximum atomic E-state index is 12.0. The van der Waals surface area contributed by atoms with Gasteiger partial charge in [0.05, 0.1) is 5.75 Å². The molecule has 0 radical (unpaired) electrons. The van der Waals surface area contributed by atoms with Gasteiger partial charge in [-0.2, -0.15) is 0 Å². The van der Waals surface area contributed by atoms with Crippen molar-refractivity contribution in [2.45, 2.75) is 39.7 Å². The molecule has 0 spiro atoms. The van der Waals surface area contributed by atoms with Crippen molar-refractivity contribution in [2.75, 3.05) is 18.8 Å². The molecule has 4 nitrogen and oxygen atoms in total. The third-order valence-electron chi connectivity index (χ3n) is 3.28. The molecule has 5 heteroatoms. The van der Waals surface area contributed by atoms with Crippen LogP contribution >= 0.6 is 0 Å². The Labute approximate surface area is 99.2 Å². The lowest BCUT2D eigenvalue weighted by Gasteiger charge is -2.18. The van der Waals surface area contributed by atoms with Crippen molar-refractivity contribution in [3.8, 4) is 0 Å². The topological polar surface area (TPSA) is 63.4 Å². The molecule has 1 fully saturated rings. The van der Waals surface area contributed by atoms with Gasteiger partial charge in [-0.3, -0.25) is 0 Å². The number of hydrogen-bond acceptors (Lipinski definition) is 3. The van der Waals surface area contributed by atoms with Crippen molar-refractivity contribution in [1.82, 2.24) is 4.31 Å². The molecular formula is C11H24N2O2S. The van der Waals surface area contributed by atoms with Crippen LogP contribution in [-0.4, -0.2) is 37.6 Å². The number of nitrogens with two attached hydrogens (primary N) is 1. The largest absolute Gasteiger partial charge is 0.328 e. The summed E-state index contributed by atoms with van der Waals surface area (Å²) in [5.41, 5.74) is 5.80. The fraction of sp³-hybridized carbons (Fsp3) is 1.00. The Balaban J connectivity index is 2.52. The SMILES string of the molecule is CC(C)CCS(=O)(=O)N1CCC(C(C)N)C1. The molecule has 1 heterocycles. The second-order valence-electron chi connectivity index (χ2n) is 5.26. The van der Waals surface area contributed by atoms with Crippen LogP contribution in [0.5, 0.6) is 0 Å². The molecule has 0 aromatic heterocycles. The van der Waals surface area contributed by atoms with Gasteiger partial charge in [-0.1, -0.05) is 13.8 Å². The van der Waals surface area contributed by atoms with E-state index in [0.717, 1.165) is 12.8 Å². The zero-order valence-corrected chi connectivity index (χ0v) is 11.3. The van der Waals surface area contributed by atoms with Gasteiger partial charge >= 0.3 is 0 Å². The minimum absolute atomic E-state index is 0.0882. The highest BCUT2D eigenvalue weighted by atomic mass is 32.2. The molecule has 2 unspecified atom stereocenters. The zero-order valence-electron chi connectivity index (χ0n) is 10.5. The molecule has 0 aromatic carbocycles. The number of nitrogens with zero attached hydrogens (tertiary/aromatic N) is 1. The molecule has 0 saturated carbocycles. The van der Waals surface area contributed by atoms with Crippen molar-refractivity contribution in [3.63, 3.8) is 0 Å². The highest BCUT2D eigenvalue weighted by Crippen LogP contribution is 2.22. The smallest absolute Gasteiger partial charge is 0.214 e. The Morgan fingerprint density at radius 1 is 1.38 bits per heavy atom. The number of hydrogen-bond donors (Lipinski definition) is 1. The van der Waals surface area contributed by atoms with Gasteiger partial charge in [0.2, 0.25) is 10.0 Å². The standard InChI is InChI=1S/C11H24N2O2S/c1-9(2)5-7-16(14,15)13-6-4-11(8-13)10(3)12/h9-11H,4-8,12H2,1-3H3. The molecule has 16 heavy (non-hydrogen) atoms. The van der Waals surface area contributed by atoms with Crippen molar-refractivity contribution in [3.05, 3.63) is 0 Å². The van der Waals surface area contributed by atoms with Gasteiger partial charge in [0.25, 0.3) is 0 Å². The first-order valence-electron chi connectivity index (χ1n) is 6.06. The molecule has 96 valence electrons. The van der Waals surface area contributed by atoms with Crippen LogP contribution in [0.15, 0.2) is 0 Å². The average molecular weight is 248 g/mol. The van der Waals surface area contributed by atoms with E-state index in [1.165, 1.54) is 0 Å². The average Bonchev–Trinajstić information content (AvgIpc) is 2.64. The van der Waals surface area contributed by atoms with Crippen LogP contribution < -0.4 is 5.73 Å². The first-order valence-corrected chi connectivity index (χ1v) is 7.67. The molecule has 2 N–H and O–H groups in total. The summed E-state index contributed by atoms with van der Waals surface area (Å²) in [6.45, 7) is 7.30. The first-order chi connectivity index (χ1) is 7.33. The fourth-order valence-corrected chi connectivity index (χ4v) is 3.78. The van der Waals surface area contributed by atoms with E-state index >= 15 is 0 Å². The van der Waals surface area contributed by atoms with Gasteiger partial charge < -0.3 is 5.73 Å². The predicted molar refractivity (Wildman–Crippen MR) is 66.6 cm³/mol. The van der Waals surface area contributed by atoms with Crippen molar-refractivity contribution < 1.29 is 8.42 Å². The van der Waals surface area contributed by atoms with E-state index in [4.69, 9.17) is 5.73 Å². The van der Waals surface area contributed by atoms with Crippen LogP contribution in [0.1, 0.15) is 33.6 Å². The maximum Gasteiger partial charge on any atom is 0.214 e. The van der Waals surface area contributed by atoms with Crippen LogP contribution in [0.25, 0.3) is 0 Å². The fourth-order valence-electron chi connectivity index (χ4n) is 1.95. The summed E-state index contributed by atoms with van der Waals surface area (Å²) in [7, 11) is -3.04. The summed E-state index contributed by atoms with van der Waals surface area (Å²) in [6.07, 6.45) is 1.64. The van der Waals surface area contributed by atoms with Crippen LogP contribution in [0.2, 0.25) is 0 Å². The molecule has 0 aliphatic carbocycles. The lowest BCUT2D eigenvalue weighted by atomic mass is 10.0. The minimum Gasteiger partial charge on any atom is -0.328 e. The Bertz CT molecular complexity index is 312. The Morgan fingerprint density at radius 3 is 2.44 bits per heavy atom. The van der Waals surface area contributed by atoms with Crippen LogP contribution in [0.3, 0.4) is 0 Å². The summed E-state index contributed by atoms with van der Waals surface area (Å²) >= 11 is 0. The normalized spacial score (nSPS) is 25.2. The summed E-state index contributed by atoms with van der Waals surface area (Å²) in [5, 5.41) is 0. The van der Waals surface area contributed by atoms with E-state index in [9.17, 15) is 8.42 Å². The van der Waals surface area contributed by atoms with E-state index in [1.807, 2.05) is 20.8 Å². The summed E-state index contributed by atoms with van der Waals surface area (Å²) in [5.74, 6) is 1.03. The number of sulfonamides is 1. The lowest BCUT2D eigenvalue weighted by molar-refractivity contribution is 0.426. The molecule has 1 saturated heterocycles. The lowest BCUT2D eigenvalue weighted by Crippen LogP contribution is -2.34. The molecule has 1 aliphatic heterocycles. The molecule has 1 aliphatic rings. The van der Waals surface area contributed by atoms with Crippen molar-refractivity contribution >= 4 is 10.0 Å². The summed E-state index contributed by atoms with van der Waals surface area (Å²) < 4.78 is 25.6. The monoisotopic (exact) mass is 248 g/mol. The second-order valence-corrected chi connectivity index (χ2v) is 7.35. The second kappa shape index (κ2) is 5.47. The predicted octanol–water partition coefficient (Wildman–Crippen LogP) is 1.03. The van der Waals surface area contributed by atoms with E-state index < -0.39 is 10.0 Å². The Kier molecular flexibility index (Phi) is 4.76. The van der Waals surface area contributed by atoms with Crippen molar-refractivity contribution in [1.29, 1.82) is 0 Å². The number of rotatable bonds is 5. The first kappa shape index (κ1) is 13.9. The van der Waals surface area contributed by atoms with Gasteiger partial charge in [-0.25, -0.2) is 12.7 Å². The third-order valence-corrected chi connectivity index (χ3v) is 5.15. The maximum absolute atomic E-state index is 12.0. The van der Waals surface area contributed by atoms with Crippen LogP contribution in [0, 0.1) is 11.8 Å². The van der Waals surface area contributed by atoms with Gasteiger partial charge in [-0.05, 0) is 31.6 Å². The summed E-state index contributed by atoms with van der Waals surface area (Å²) in [4.78, 5) is 0. The molecule has 1 rings (SSSR count). The van der Waals surface area contributed by atoms with Gasteiger partial charge in [0.15, 0.2) is 0 Å². The van der Waals surface area contributed by atoms with Crippen molar-refractivity contribution in [2.24, 2.45) is 17.6 Å². The highest BCUT2D eigenvalue weighted by Gasteiger charge is 2.32.